The number of ether oxygens (including phenoxy) is 1. The minimum Gasteiger partial charge on any atom is -0.381 e. The molecule has 4 rings (SSSR count). The molecule has 5 nitrogen and oxygen atoms in total. The molecule has 0 bridgehead atoms. The summed E-state index contributed by atoms with van der Waals surface area (Å²) in [6.45, 7) is 2.36. The van der Waals surface area contributed by atoms with Crippen LogP contribution in [-0.2, 0) is 9.53 Å². The summed E-state index contributed by atoms with van der Waals surface area (Å²) in [7, 11) is 0. The second-order valence-electron chi connectivity index (χ2n) is 6.50. The van der Waals surface area contributed by atoms with Crippen molar-refractivity contribution >= 4 is 29.2 Å². The maximum absolute atomic E-state index is 12.7. The van der Waals surface area contributed by atoms with E-state index >= 15 is 0 Å². The van der Waals surface area contributed by atoms with E-state index in [1.807, 2.05) is 33.7 Å². The smallest absolute Gasteiger partial charge is 0.246 e. The number of amides is 1. The SMILES string of the molecule is O=C(C=Cc1c(Cl)nc2ccccn12)N(CC1CCOC1)C1CC1. The van der Waals surface area contributed by atoms with E-state index in [0.717, 1.165) is 50.4 Å². The first-order valence-electron chi connectivity index (χ1n) is 8.41. The molecular formula is C18H20ClN3O2. The van der Waals surface area contributed by atoms with Gasteiger partial charge in [-0.05, 0) is 37.5 Å². The predicted octanol–water partition coefficient (Wildman–Crippen LogP) is 3.03. The van der Waals surface area contributed by atoms with Crippen LogP contribution in [0.15, 0.2) is 30.5 Å². The molecule has 126 valence electrons. The van der Waals surface area contributed by atoms with Gasteiger partial charge in [-0.1, -0.05) is 17.7 Å². The van der Waals surface area contributed by atoms with E-state index in [1.54, 1.807) is 12.2 Å². The first kappa shape index (κ1) is 15.7. The van der Waals surface area contributed by atoms with E-state index in [2.05, 4.69) is 4.98 Å². The van der Waals surface area contributed by atoms with Crippen molar-refractivity contribution in [3.63, 3.8) is 0 Å². The van der Waals surface area contributed by atoms with Gasteiger partial charge in [-0.15, -0.1) is 0 Å². The highest BCUT2D eigenvalue weighted by Gasteiger charge is 2.33. The third-order valence-corrected chi connectivity index (χ3v) is 4.93. The normalized spacial score (nSPS) is 21.0. The van der Waals surface area contributed by atoms with Gasteiger partial charge in [0.15, 0.2) is 5.15 Å². The number of rotatable bonds is 5. The molecule has 1 aliphatic heterocycles. The van der Waals surface area contributed by atoms with Gasteiger partial charge in [-0.25, -0.2) is 4.98 Å². The largest absolute Gasteiger partial charge is 0.381 e. The Kier molecular flexibility index (Phi) is 4.29. The van der Waals surface area contributed by atoms with E-state index in [-0.39, 0.29) is 5.91 Å². The lowest BCUT2D eigenvalue weighted by molar-refractivity contribution is -0.127. The molecule has 0 aromatic carbocycles. The molecule has 24 heavy (non-hydrogen) atoms. The highest BCUT2D eigenvalue weighted by Crippen LogP contribution is 2.29. The van der Waals surface area contributed by atoms with Crippen LogP contribution in [0.4, 0.5) is 0 Å². The molecule has 1 saturated heterocycles. The number of carbonyl (C=O) groups is 1. The van der Waals surface area contributed by atoms with Crippen LogP contribution in [0.25, 0.3) is 11.7 Å². The lowest BCUT2D eigenvalue weighted by Gasteiger charge is -2.23. The molecule has 1 saturated carbocycles. The van der Waals surface area contributed by atoms with E-state index < -0.39 is 0 Å². The number of hydrogen-bond donors (Lipinski definition) is 0. The zero-order valence-electron chi connectivity index (χ0n) is 13.4. The number of imidazole rings is 1. The van der Waals surface area contributed by atoms with Crippen molar-refractivity contribution in [1.82, 2.24) is 14.3 Å². The molecule has 2 aromatic rings. The molecule has 3 heterocycles. The van der Waals surface area contributed by atoms with Gasteiger partial charge in [0.2, 0.25) is 5.91 Å². The molecule has 6 heteroatoms. The van der Waals surface area contributed by atoms with Crippen molar-refractivity contribution in [1.29, 1.82) is 0 Å². The molecule has 0 radical (unpaired) electrons. The predicted molar refractivity (Wildman–Crippen MR) is 92.9 cm³/mol. The summed E-state index contributed by atoms with van der Waals surface area (Å²) in [6.07, 6.45) is 8.53. The molecule has 1 amide bonds. The Hall–Kier alpha value is -1.85. The van der Waals surface area contributed by atoms with Gasteiger partial charge in [0.05, 0.1) is 12.3 Å². The Morgan fingerprint density at radius 2 is 2.29 bits per heavy atom. The van der Waals surface area contributed by atoms with Crippen LogP contribution in [0.5, 0.6) is 0 Å². The van der Waals surface area contributed by atoms with Crippen LogP contribution in [-0.4, -0.2) is 46.0 Å². The van der Waals surface area contributed by atoms with Gasteiger partial charge in [0, 0.05) is 37.4 Å². The van der Waals surface area contributed by atoms with Crippen molar-refractivity contribution in [2.45, 2.75) is 25.3 Å². The number of carbonyl (C=O) groups excluding carboxylic acids is 1. The van der Waals surface area contributed by atoms with Crippen LogP contribution >= 0.6 is 11.6 Å². The Balaban J connectivity index is 1.52. The van der Waals surface area contributed by atoms with Crippen molar-refractivity contribution < 1.29 is 9.53 Å². The van der Waals surface area contributed by atoms with Gasteiger partial charge in [-0.2, -0.15) is 0 Å². The van der Waals surface area contributed by atoms with Crippen molar-refractivity contribution in [3.05, 3.63) is 41.3 Å². The number of hydrogen-bond acceptors (Lipinski definition) is 3. The minimum absolute atomic E-state index is 0.0475. The molecule has 1 atom stereocenters. The van der Waals surface area contributed by atoms with E-state index in [0.29, 0.717) is 17.1 Å². The van der Waals surface area contributed by atoms with Crippen LogP contribution in [0.3, 0.4) is 0 Å². The first-order chi connectivity index (χ1) is 11.7. The summed E-state index contributed by atoms with van der Waals surface area (Å²) in [6, 6.07) is 6.11. The van der Waals surface area contributed by atoms with Gasteiger partial charge in [0.1, 0.15) is 5.65 Å². The number of pyridine rings is 1. The van der Waals surface area contributed by atoms with Crippen LogP contribution in [0.2, 0.25) is 5.15 Å². The zero-order chi connectivity index (χ0) is 16.5. The summed E-state index contributed by atoms with van der Waals surface area (Å²) in [5.74, 6) is 0.508. The lowest BCUT2D eigenvalue weighted by atomic mass is 10.1. The Morgan fingerprint density at radius 1 is 1.42 bits per heavy atom. The van der Waals surface area contributed by atoms with Crippen molar-refractivity contribution in [3.8, 4) is 0 Å². The Morgan fingerprint density at radius 3 is 3.04 bits per heavy atom. The van der Waals surface area contributed by atoms with Crippen molar-refractivity contribution in [2.24, 2.45) is 5.92 Å². The van der Waals surface area contributed by atoms with E-state index in [1.165, 1.54) is 0 Å². The summed E-state index contributed by atoms with van der Waals surface area (Å²) < 4.78 is 7.32. The summed E-state index contributed by atoms with van der Waals surface area (Å²) in [4.78, 5) is 19.0. The quantitative estimate of drug-likeness (QED) is 0.782. The fourth-order valence-corrected chi connectivity index (χ4v) is 3.43. The molecule has 0 N–H and O–H groups in total. The van der Waals surface area contributed by atoms with Crippen LogP contribution in [0.1, 0.15) is 25.0 Å². The molecule has 2 aromatic heterocycles. The summed E-state index contributed by atoms with van der Waals surface area (Å²) >= 11 is 6.22. The maximum atomic E-state index is 12.7. The maximum Gasteiger partial charge on any atom is 0.246 e. The summed E-state index contributed by atoms with van der Waals surface area (Å²) in [5, 5.41) is 0.410. The lowest BCUT2D eigenvalue weighted by Crippen LogP contribution is -2.36. The molecule has 0 spiro atoms. The molecule has 2 fully saturated rings. The molecule has 1 unspecified atom stereocenters. The zero-order valence-corrected chi connectivity index (χ0v) is 14.2. The monoisotopic (exact) mass is 345 g/mol. The topological polar surface area (TPSA) is 46.8 Å². The fraction of sp³-hybridized carbons (Fsp3) is 0.444. The van der Waals surface area contributed by atoms with E-state index in [4.69, 9.17) is 16.3 Å². The second kappa shape index (κ2) is 6.57. The van der Waals surface area contributed by atoms with Gasteiger partial charge in [-0.3, -0.25) is 9.20 Å². The highest BCUT2D eigenvalue weighted by atomic mass is 35.5. The second-order valence-corrected chi connectivity index (χ2v) is 6.86. The standard InChI is InChI=1S/C18H20ClN3O2/c19-18-15(21-9-2-1-3-16(21)20-18)6-7-17(23)22(14-4-5-14)11-13-8-10-24-12-13/h1-3,6-7,9,13-14H,4-5,8,10-12H2. The molecule has 1 aliphatic carbocycles. The van der Waals surface area contributed by atoms with E-state index in [9.17, 15) is 4.79 Å². The third-order valence-electron chi connectivity index (χ3n) is 4.66. The number of aromatic nitrogens is 2. The first-order valence-corrected chi connectivity index (χ1v) is 8.79. The Labute approximate surface area is 145 Å². The van der Waals surface area contributed by atoms with Crippen molar-refractivity contribution in [2.75, 3.05) is 19.8 Å². The molecular weight excluding hydrogens is 326 g/mol. The van der Waals surface area contributed by atoms with Gasteiger partial charge >= 0.3 is 0 Å². The van der Waals surface area contributed by atoms with Crippen LogP contribution in [0, 0.1) is 5.92 Å². The van der Waals surface area contributed by atoms with Gasteiger partial charge < -0.3 is 9.64 Å². The molecule has 2 aliphatic rings. The fourth-order valence-electron chi connectivity index (χ4n) is 3.19. The Bertz CT molecular complexity index is 776. The van der Waals surface area contributed by atoms with Crippen LogP contribution < -0.4 is 0 Å². The highest BCUT2D eigenvalue weighted by molar-refractivity contribution is 6.31. The average Bonchev–Trinajstić information content (AvgIpc) is 3.19. The number of fused-ring (bicyclic) bond motifs is 1. The van der Waals surface area contributed by atoms with Gasteiger partial charge in [0.25, 0.3) is 0 Å². The summed E-state index contributed by atoms with van der Waals surface area (Å²) in [5.41, 5.74) is 1.51. The third kappa shape index (κ3) is 3.19. The minimum atomic E-state index is 0.0475. The average molecular weight is 346 g/mol. The number of halogens is 1. The number of nitrogens with zero attached hydrogens (tertiary/aromatic N) is 3.